The van der Waals surface area contributed by atoms with Gasteiger partial charge >= 0.3 is 23.1 Å². The topological polar surface area (TPSA) is 36.9 Å². The molecule has 2 fully saturated rings. The second-order valence-corrected chi connectivity index (χ2v) is 3.59. The van der Waals surface area contributed by atoms with Gasteiger partial charge in [0, 0.05) is 39.0 Å². The molecule has 0 aliphatic carbocycles. The second-order valence-electron chi connectivity index (χ2n) is 3.59. The van der Waals surface area contributed by atoms with Crippen LogP contribution in [0.5, 0.6) is 0 Å². The Bertz CT molecular complexity index is 139. The summed E-state index contributed by atoms with van der Waals surface area (Å²) in [6, 6.07) is 0. The first-order valence-corrected chi connectivity index (χ1v) is 5.92. The molecule has 0 unspecified atom stereocenters. The molecular weight excluding hydrogens is 232 g/mol. The van der Waals surface area contributed by atoms with Crippen LogP contribution >= 0.6 is 0 Å². The van der Waals surface area contributed by atoms with E-state index in [0.29, 0.717) is 0 Å². The van der Waals surface area contributed by atoms with E-state index in [1.165, 1.54) is 0 Å². The van der Waals surface area contributed by atoms with Gasteiger partial charge in [-0.1, -0.05) is 0 Å². The molecular formula is C12H22MgO4. The number of rotatable bonds is 2. The van der Waals surface area contributed by atoms with Crippen LogP contribution < -0.4 is 0 Å². The van der Waals surface area contributed by atoms with Crippen LogP contribution in [0.4, 0.5) is 0 Å². The van der Waals surface area contributed by atoms with Crippen LogP contribution in [0.2, 0.25) is 0 Å². The number of ether oxygens (including phenoxy) is 4. The first-order chi connectivity index (χ1) is 7.86. The van der Waals surface area contributed by atoms with Crippen molar-refractivity contribution < 1.29 is 18.9 Å². The Labute approximate surface area is 120 Å². The maximum Gasteiger partial charge on any atom is 2.00 e. The van der Waals surface area contributed by atoms with Gasteiger partial charge in [-0.25, -0.2) is 0 Å². The summed E-state index contributed by atoms with van der Waals surface area (Å²) < 4.78 is 20.6. The van der Waals surface area contributed by atoms with E-state index in [0.717, 1.165) is 39.3 Å². The molecule has 0 spiro atoms. The Morgan fingerprint density at radius 2 is 1.00 bits per heavy atom. The van der Waals surface area contributed by atoms with Crippen molar-refractivity contribution in [1.29, 1.82) is 0 Å². The van der Waals surface area contributed by atoms with Crippen LogP contribution in [0.15, 0.2) is 0 Å². The number of hydrogen-bond acceptors (Lipinski definition) is 4. The normalized spacial score (nSPS) is 22.2. The Morgan fingerprint density at radius 3 is 1.18 bits per heavy atom. The summed E-state index contributed by atoms with van der Waals surface area (Å²) in [4.78, 5) is 0. The average Bonchev–Trinajstić information content (AvgIpc) is 2.41. The van der Waals surface area contributed by atoms with E-state index >= 15 is 0 Å². The minimum absolute atomic E-state index is 0. The molecule has 2 aliphatic rings. The molecule has 2 aliphatic heterocycles. The van der Waals surface area contributed by atoms with Crippen LogP contribution in [0.1, 0.15) is 26.7 Å². The third kappa shape index (κ3) is 8.34. The second kappa shape index (κ2) is 11.7. The average molecular weight is 255 g/mol. The maximum atomic E-state index is 5.15. The predicted octanol–water partition coefficient (Wildman–Crippen LogP) is 1.57. The van der Waals surface area contributed by atoms with Crippen molar-refractivity contribution >= 4 is 23.1 Å². The fraction of sp³-hybridized carbons (Fsp3) is 0.833. The Balaban J connectivity index is 0.000000284. The van der Waals surface area contributed by atoms with Crippen molar-refractivity contribution in [2.24, 2.45) is 0 Å². The van der Waals surface area contributed by atoms with Gasteiger partial charge in [0.1, 0.15) is 0 Å². The molecule has 0 amide bonds. The minimum Gasteiger partial charge on any atom is -0.383 e. The molecule has 2 saturated heterocycles. The molecule has 4 nitrogen and oxygen atoms in total. The molecule has 0 atom stereocenters. The van der Waals surface area contributed by atoms with Crippen LogP contribution in [0, 0.1) is 12.8 Å². The van der Waals surface area contributed by atoms with Gasteiger partial charge in [-0.05, 0) is 12.8 Å². The monoisotopic (exact) mass is 254 g/mol. The van der Waals surface area contributed by atoms with Crippen molar-refractivity contribution in [3.63, 3.8) is 0 Å². The SMILES string of the molecule is C[CH-]C1OCCCO1.C[CH-]C1OCCCO1.[Mg+2]. The van der Waals surface area contributed by atoms with Crippen molar-refractivity contribution in [3.8, 4) is 0 Å². The smallest absolute Gasteiger partial charge is 0.383 e. The molecule has 0 bridgehead atoms. The van der Waals surface area contributed by atoms with Gasteiger partial charge in [-0.15, -0.1) is 0 Å². The van der Waals surface area contributed by atoms with Crippen LogP contribution in [0.3, 0.4) is 0 Å². The van der Waals surface area contributed by atoms with Gasteiger partial charge < -0.3 is 18.9 Å². The molecule has 0 N–H and O–H groups in total. The van der Waals surface area contributed by atoms with Gasteiger partial charge in [0.25, 0.3) is 0 Å². The van der Waals surface area contributed by atoms with Crippen LogP contribution in [0.25, 0.3) is 0 Å². The van der Waals surface area contributed by atoms with E-state index in [1.54, 1.807) is 0 Å². The molecule has 2 heterocycles. The van der Waals surface area contributed by atoms with Crippen molar-refractivity contribution in [2.45, 2.75) is 39.3 Å². The fourth-order valence-electron chi connectivity index (χ4n) is 1.40. The van der Waals surface area contributed by atoms with E-state index in [9.17, 15) is 0 Å². The summed E-state index contributed by atoms with van der Waals surface area (Å²) in [5.41, 5.74) is 0. The first-order valence-electron chi connectivity index (χ1n) is 5.92. The largest absolute Gasteiger partial charge is 2.00 e. The molecule has 0 radical (unpaired) electrons. The molecule has 0 aromatic rings. The van der Waals surface area contributed by atoms with Gasteiger partial charge in [-0.2, -0.15) is 13.8 Å². The summed E-state index contributed by atoms with van der Waals surface area (Å²) in [6.07, 6.45) is 5.82. The molecule has 0 aromatic heterocycles. The summed E-state index contributed by atoms with van der Waals surface area (Å²) in [5, 5.41) is 0. The summed E-state index contributed by atoms with van der Waals surface area (Å²) in [5.74, 6) is 0. The first kappa shape index (κ1) is 17.6. The zero-order valence-corrected chi connectivity index (χ0v) is 12.3. The maximum absolute atomic E-state index is 5.15. The predicted molar refractivity (Wildman–Crippen MR) is 66.3 cm³/mol. The molecule has 0 aromatic carbocycles. The van der Waals surface area contributed by atoms with E-state index in [2.05, 4.69) is 0 Å². The summed E-state index contributed by atoms with van der Waals surface area (Å²) in [6.45, 7) is 7.25. The summed E-state index contributed by atoms with van der Waals surface area (Å²) in [7, 11) is 0. The standard InChI is InChI=1S/2C6H11O2.Mg/c2*1-2-6-7-4-3-5-8-6;/h2*2,6H,3-5H2,1H3;/q2*-1;+2. The molecule has 5 heteroatoms. The minimum atomic E-state index is -0.0382. The molecule has 0 saturated carbocycles. The van der Waals surface area contributed by atoms with E-state index < -0.39 is 0 Å². The van der Waals surface area contributed by atoms with Crippen molar-refractivity contribution in [2.75, 3.05) is 26.4 Å². The molecule has 17 heavy (non-hydrogen) atoms. The Morgan fingerprint density at radius 1 is 0.706 bits per heavy atom. The van der Waals surface area contributed by atoms with Gasteiger partial charge in [0.2, 0.25) is 0 Å². The van der Waals surface area contributed by atoms with E-state index in [-0.39, 0.29) is 35.6 Å². The van der Waals surface area contributed by atoms with Gasteiger partial charge in [0.15, 0.2) is 0 Å². The Hall–Kier alpha value is 0.606. The molecule has 96 valence electrons. The van der Waals surface area contributed by atoms with E-state index in [4.69, 9.17) is 18.9 Å². The summed E-state index contributed by atoms with van der Waals surface area (Å²) >= 11 is 0. The third-order valence-corrected chi connectivity index (χ3v) is 2.25. The quantitative estimate of drug-likeness (QED) is 0.554. The molecule has 2 rings (SSSR count). The van der Waals surface area contributed by atoms with Crippen LogP contribution in [-0.2, 0) is 18.9 Å². The van der Waals surface area contributed by atoms with Gasteiger partial charge in [0.05, 0.1) is 0 Å². The fourth-order valence-corrected chi connectivity index (χ4v) is 1.40. The van der Waals surface area contributed by atoms with Crippen LogP contribution in [-0.4, -0.2) is 62.1 Å². The Kier molecular flexibility index (Phi) is 12.1. The van der Waals surface area contributed by atoms with Gasteiger partial charge in [-0.3, -0.25) is 12.8 Å². The number of hydrogen-bond donors (Lipinski definition) is 0. The third-order valence-electron chi connectivity index (χ3n) is 2.25. The van der Waals surface area contributed by atoms with Crippen molar-refractivity contribution in [1.82, 2.24) is 0 Å². The van der Waals surface area contributed by atoms with E-state index in [1.807, 2.05) is 26.7 Å². The zero-order chi connectivity index (χ0) is 11.6. The van der Waals surface area contributed by atoms with Crippen molar-refractivity contribution in [3.05, 3.63) is 12.8 Å². The zero-order valence-electron chi connectivity index (χ0n) is 10.9.